The minimum absolute atomic E-state index is 0.0738. The van der Waals surface area contributed by atoms with Gasteiger partial charge in [0, 0.05) is 19.0 Å². The summed E-state index contributed by atoms with van der Waals surface area (Å²) in [5.74, 6) is -0.735. The van der Waals surface area contributed by atoms with E-state index in [4.69, 9.17) is 4.74 Å². The number of aryl methyl sites for hydroxylation is 1. The van der Waals surface area contributed by atoms with Crippen molar-refractivity contribution in [3.05, 3.63) is 41.7 Å². The lowest BCUT2D eigenvalue weighted by Gasteiger charge is -2.18. The van der Waals surface area contributed by atoms with Gasteiger partial charge in [-0.05, 0) is 37.6 Å². The predicted molar refractivity (Wildman–Crippen MR) is 99.0 cm³/mol. The molecule has 140 valence electrons. The Balaban J connectivity index is 2.63. The van der Waals surface area contributed by atoms with Crippen LogP contribution in [0, 0.1) is 6.92 Å². The minimum Gasteiger partial charge on any atom is -0.478 e. The van der Waals surface area contributed by atoms with Crippen molar-refractivity contribution in [2.75, 3.05) is 18.1 Å². The Kier molecular flexibility index (Phi) is 6.20. The SMILES string of the molecule is CCCCNc1cc(C(=O)O)cc(S(C)(=O)=O)c1Oc1cccnc1C. The Morgan fingerprint density at radius 3 is 2.65 bits per heavy atom. The summed E-state index contributed by atoms with van der Waals surface area (Å²) < 4.78 is 30.4. The molecule has 26 heavy (non-hydrogen) atoms. The molecule has 0 saturated carbocycles. The average molecular weight is 378 g/mol. The smallest absolute Gasteiger partial charge is 0.335 e. The molecule has 7 nitrogen and oxygen atoms in total. The van der Waals surface area contributed by atoms with E-state index in [2.05, 4.69) is 10.3 Å². The summed E-state index contributed by atoms with van der Waals surface area (Å²) in [6, 6.07) is 5.85. The molecular formula is C18H22N2O5S. The second-order valence-electron chi connectivity index (χ2n) is 5.90. The van der Waals surface area contributed by atoms with Gasteiger partial charge in [0.1, 0.15) is 10.6 Å². The van der Waals surface area contributed by atoms with Crippen molar-refractivity contribution < 1.29 is 23.1 Å². The number of pyridine rings is 1. The number of benzene rings is 1. The van der Waals surface area contributed by atoms with Gasteiger partial charge in [-0.25, -0.2) is 13.2 Å². The molecule has 0 aliphatic rings. The zero-order valence-electron chi connectivity index (χ0n) is 14.9. The highest BCUT2D eigenvalue weighted by molar-refractivity contribution is 7.90. The third kappa shape index (κ3) is 4.72. The van der Waals surface area contributed by atoms with Crippen molar-refractivity contribution >= 4 is 21.5 Å². The molecule has 0 fully saturated rings. The zero-order chi connectivity index (χ0) is 19.3. The largest absolute Gasteiger partial charge is 0.478 e. The summed E-state index contributed by atoms with van der Waals surface area (Å²) >= 11 is 0. The normalized spacial score (nSPS) is 11.2. The van der Waals surface area contributed by atoms with Gasteiger partial charge < -0.3 is 15.2 Å². The third-order valence-electron chi connectivity index (χ3n) is 3.72. The Morgan fingerprint density at radius 1 is 1.35 bits per heavy atom. The van der Waals surface area contributed by atoms with Crippen LogP contribution in [0.25, 0.3) is 0 Å². The number of carbonyl (C=O) groups is 1. The molecule has 0 saturated heterocycles. The van der Waals surface area contributed by atoms with Crippen LogP contribution in [0.5, 0.6) is 11.5 Å². The lowest BCUT2D eigenvalue weighted by atomic mass is 10.1. The maximum Gasteiger partial charge on any atom is 0.335 e. The molecule has 1 aromatic carbocycles. The number of aromatic nitrogens is 1. The summed E-state index contributed by atoms with van der Waals surface area (Å²) in [5, 5.41) is 12.4. The highest BCUT2D eigenvalue weighted by Crippen LogP contribution is 2.38. The number of carboxylic acid groups (broad SMARTS) is 1. The van der Waals surface area contributed by atoms with Crippen LogP contribution < -0.4 is 10.1 Å². The highest BCUT2D eigenvalue weighted by atomic mass is 32.2. The number of ether oxygens (including phenoxy) is 1. The molecule has 2 rings (SSSR count). The number of carboxylic acids is 1. The van der Waals surface area contributed by atoms with Gasteiger partial charge in [-0.1, -0.05) is 13.3 Å². The molecule has 2 aromatic rings. The number of unbranched alkanes of at least 4 members (excludes halogenated alkanes) is 1. The summed E-state index contributed by atoms with van der Waals surface area (Å²) in [5.41, 5.74) is 0.787. The topological polar surface area (TPSA) is 106 Å². The van der Waals surface area contributed by atoms with E-state index in [-0.39, 0.29) is 16.2 Å². The lowest BCUT2D eigenvalue weighted by molar-refractivity contribution is 0.0696. The van der Waals surface area contributed by atoms with Gasteiger partial charge in [-0.15, -0.1) is 0 Å². The van der Waals surface area contributed by atoms with Crippen LogP contribution in [-0.2, 0) is 9.84 Å². The van der Waals surface area contributed by atoms with E-state index in [1.807, 2.05) is 6.92 Å². The summed E-state index contributed by atoms with van der Waals surface area (Å²) in [7, 11) is -3.72. The number of hydrogen-bond acceptors (Lipinski definition) is 6. The fourth-order valence-corrected chi connectivity index (χ4v) is 3.15. The van der Waals surface area contributed by atoms with Crippen molar-refractivity contribution in [3.63, 3.8) is 0 Å². The number of nitrogens with zero attached hydrogens (tertiary/aromatic N) is 1. The number of nitrogens with one attached hydrogen (secondary N) is 1. The molecule has 0 amide bonds. The Bertz CT molecular complexity index is 910. The third-order valence-corrected chi connectivity index (χ3v) is 4.82. The Morgan fingerprint density at radius 2 is 2.08 bits per heavy atom. The fraction of sp³-hybridized carbons (Fsp3) is 0.333. The van der Waals surface area contributed by atoms with Crippen molar-refractivity contribution in [1.29, 1.82) is 0 Å². The second-order valence-corrected chi connectivity index (χ2v) is 7.88. The van der Waals surface area contributed by atoms with Gasteiger partial charge in [0.2, 0.25) is 0 Å². The molecule has 1 heterocycles. The minimum atomic E-state index is -3.72. The first-order valence-electron chi connectivity index (χ1n) is 8.18. The van der Waals surface area contributed by atoms with E-state index in [1.165, 1.54) is 6.07 Å². The molecule has 0 atom stereocenters. The van der Waals surface area contributed by atoms with Gasteiger partial charge in [0.25, 0.3) is 0 Å². The predicted octanol–water partition coefficient (Wildman–Crippen LogP) is 3.50. The van der Waals surface area contributed by atoms with E-state index < -0.39 is 15.8 Å². The summed E-state index contributed by atoms with van der Waals surface area (Å²) in [6.07, 6.45) is 4.40. The monoisotopic (exact) mass is 378 g/mol. The molecule has 8 heteroatoms. The van der Waals surface area contributed by atoms with E-state index in [1.54, 1.807) is 25.3 Å². The van der Waals surface area contributed by atoms with Crippen LogP contribution in [0.15, 0.2) is 35.4 Å². The fourth-order valence-electron chi connectivity index (χ4n) is 2.32. The van der Waals surface area contributed by atoms with Crippen LogP contribution >= 0.6 is 0 Å². The molecular weight excluding hydrogens is 356 g/mol. The molecule has 0 aliphatic heterocycles. The maximum absolute atomic E-state index is 12.3. The van der Waals surface area contributed by atoms with Crippen molar-refractivity contribution in [2.24, 2.45) is 0 Å². The number of anilines is 1. The van der Waals surface area contributed by atoms with E-state index in [9.17, 15) is 18.3 Å². The first kappa shape index (κ1) is 19.7. The molecule has 0 unspecified atom stereocenters. The molecule has 0 bridgehead atoms. The average Bonchev–Trinajstić information content (AvgIpc) is 2.56. The molecule has 0 spiro atoms. The van der Waals surface area contributed by atoms with Crippen LogP contribution in [0.1, 0.15) is 35.8 Å². The first-order valence-corrected chi connectivity index (χ1v) is 10.1. The van der Waals surface area contributed by atoms with Gasteiger partial charge in [-0.2, -0.15) is 0 Å². The van der Waals surface area contributed by atoms with E-state index >= 15 is 0 Å². The van der Waals surface area contributed by atoms with E-state index in [0.29, 0.717) is 23.7 Å². The summed E-state index contributed by atoms with van der Waals surface area (Å²) in [6.45, 7) is 4.32. The van der Waals surface area contributed by atoms with Crippen LogP contribution in [0.4, 0.5) is 5.69 Å². The quantitative estimate of drug-likeness (QED) is 0.677. The number of aromatic carboxylic acids is 1. The zero-order valence-corrected chi connectivity index (χ0v) is 15.8. The van der Waals surface area contributed by atoms with E-state index in [0.717, 1.165) is 25.2 Å². The van der Waals surface area contributed by atoms with Gasteiger partial charge in [0.15, 0.2) is 15.6 Å². The van der Waals surface area contributed by atoms with Gasteiger partial charge in [-0.3, -0.25) is 4.98 Å². The lowest BCUT2D eigenvalue weighted by Crippen LogP contribution is -2.10. The number of sulfone groups is 1. The maximum atomic E-state index is 12.3. The van der Waals surface area contributed by atoms with Crippen LogP contribution in [0.2, 0.25) is 0 Å². The highest BCUT2D eigenvalue weighted by Gasteiger charge is 2.23. The number of hydrogen-bond donors (Lipinski definition) is 2. The van der Waals surface area contributed by atoms with Crippen LogP contribution in [0.3, 0.4) is 0 Å². The summed E-state index contributed by atoms with van der Waals surface area (Å²) in [4.78, 5) is 15.4. The Labute approximate surface area is 153 Å². The van der Waals surface area contributed by atoms with Crippen LogP contribution in [-0.4, -0.2) is 37.3 Å². The second kappa shape index (κ2) is 8.18. The van der Waals surface area contributed by atoms with Crippen molar-refractivity contribution in [2.45, 2.75) is 31.6 Å². The molecule has 0 aliphatic carbocycles. The van der Waals surface area contributed by atoms with Gasteiger partial charge in [0.05, 0.1) is 16.9 Å². The Hall–Kier alpha value is -2.61. The van der Waals surface area contributed by atoms with Crippen molar-refractivity contribution in [1.82, 2.24) is 4.98 Å². The molecule has 1 aromatic heterocycles. The molecule has 2 N–H and O–H groups in total. The van der Waals surface area contributed by atoms with Crippen molar-refractivity contribution in [3.8, 4) is 11.5 Å². The number of rotatable bonds is 8. The molecule has 0 radical (unpaired) electrons. The standard InChI is InChI=1S/C18H22N2O5S/c1-4-5-8-20-14-10-13(18(21)22)11-16(26(3,23)24)17(14)25-15-7-6-9-19-12(15)2/h6-7,9-11,20H,4-5,8H2,1-3H3,(H,21,22). The van der Waals surface area contributed by atoms with Gasteiger partial charge >= 0.3 is 5.97 Å². The first-order chi connectivity index (χ1) is 12.2.